The molecule has 1 aromatic carbocycles. The number of hydrogen-bond donors (Lipinski definition) is 1. The largest absolute Gasteiger partial charge is 0.354 e. The van der Waals surface area contributed by atoms with Gasteiger partial charge >= 0.3 is 0 Å². The molecule has 184 valence electrons. The number of rotatable bonds is 4. The Bertz CT molecular complexity index is 1290. The molecule has 2 aliphatic rings. The van der Waals surface area contributed by atoms with Crippen molar-refractivity contribution in [3.05, 3.63) is 53.1 Å². The first kappa shape index (κ1) is 23.5. The Morgan fingerprint density at radius 1 is 1.20 bits per heavy atom. The highest BCUT2D eigenvalue weighted by Crippen LogP contribution is 2.39. The van der Waals surface area contributed by atoms with Crippen molar-refractivity contribution in [3.63, 3.8) is 0 Å². The summed E-state index contributed by atoms with van der Waals surface area (Å²) < 4.78 is 15.0. The topological polar surface area (TPSA) is 69.3 Å². The third-order valence-electron chi connectivity index (χ3n) is 7.74. The third-order valence-corrected chi connectivity index (χ3v) is 7.74. The van der Waals surface area contributed by atoms with E-state index in [1.165, 1.54) is 5.56 Å². The lowest BCUT2D eigenvalue weighted by molar-refractivity contribution is -0.136. The van der Waals surface area contributed by atoms with Crippen LogP contribution in [-0.4, -0.2) is 58.3 Å². The number of amides is 2. The van der Waals surface area contributed by atoms with Gasteiger partial charge in [0.05, 0.1) is 17.3 Å². The van der Waals surface area contributed by atoms with E-state index < -0.39 is 0 Å². The van der Waals surface area contributed by atoms with Gasteiger partial charge in [-0.25, -0.2) is 4.39 Å². The molecule has 3 aromatic rings. The molecule has 0 saturated carbocycles. The van der Waals surface area contributed by atoms with Gasteiger partial charge in [0.1, 0.15) is 0 Å². The van der Waals surface area contributed by atoms with Crippen LogP contribution >= 0.6 is 0 Å². The Morgan fingerprint density at radius 2 is 1.94 bits per heavy atom. The van der Waals surface area contributed by atoms with Crippen molar-refractivity contribution in [2.45, 2.75) is 51.9 Å². The maximum Gasteiger partial charge on any atom is 0.227 e. The number of piperidine rings is 1. The average molecular weight is 477 g/mol. The van der Waals surface area contributed by atoms with Gasteiger partial charge in [0, 0.05) is 55.8 Å². The predicted octanol–water partition coefficient (Wildman–Crippen LogP) is 4.99. The zero-order valence-electron chi connectivity index (χ0n) is 20.9. The molecule has 1 atom stereocenters. The number of nitrogens with zero attached hydrogens (tertiary/aromatic N) is 3. The molecule has 2 aromatic heterocycles. The molecule has 2 saturated heterocycles. The fourth-order valence-electron chi connectivity index (χ4n) is 5.76. The van der Waals surface area contributed by atoms with Crippen LogP contribution in [0.15, 0.2) is 30.5 Å². The molecule has 5 rings (SSSR count). The summed E-state index contributed by atoms with van der Waals surface area (Å²) in [7, 11) is 1.76. The Hall–Kier alpha value is -3.22. The van der Waals surface area contributed by atoms with Gasteiger partial charge in [-0.2, -0.15) is 0 Å². The van der Waals surface area contributed by atoms with Gasteiger partial charge in [0.25, 0.3) is 0 Å². The molecule has 2 fully saturated rings. The molecule has 35 heavy (non-hydrogen) atoms. The summed E-state index contributed by atoms with van der Waals surface area (Å²) in [6.45, 7) is 7.92. The Kier molecular flexibility index (Phi) is 6.11. The van der Waals surface area contributed by atoms with Crippen molar-refractivity contribution in [1.29, 1.82) is 0 Å². The highest BCUT2D eigenvalue weighted by atomic mass is 19.1. The van der Waals surface area contributed by atoms with Crippen molar-refractivity contribution in [3.8, 4) is 11.3 Å². The number of H-pyrrole nitrogens is 1. The number of aromatic amines is 1. The van der Waals surface area contributed by atoms with Crippen molar-refractivity contribution in [2.75, 3.05) is 26.7 Å². The summed E-state index contributed by atoms with van der Waals surface area (Å²) in [6.07, 6.45) is 3.79. The molecule has 2 amide bonds. The van der Waals surface area contributed by atoms with E-state index in [9.17, 15) is 14.0 Å². The van der Waals surface area contributed by atoms with Crippen LogP contribution in [0.2, 0.25) is 0 Å². The van der Waals surface area contributed by atoms with E-state index in [1.807, 2.05) is 4.90 Å². The summed E-state index contributed by atoms with van der Waals surface area (Å²) >= 11 is 0. The van der Waals surface area contributed by atoms with Crippen LogP contribution in [0, 0.1) is 18.7 Å². The number of likely N-dealkylation sites (tertiary alicyclic amines) is 2. The van der Waals surface area contributed by atoms with E-state index in [-0.39, 0.29) is 29.5 Å². The first-order chi connectivity index (χ1) is 16.7. The summed E-state index contributed by atoms with van der Waals surface area (Å²) in [5.74, 6) is 0.268. The minimum absolute atomic E-state index is 0.0557. The average Bonchev–Trinajstić information content (AvgIpc) is 3.39. The van der Waals surface area contributed by atoms with Crippen LogP contribution in [0.5, 0.6) is 0 Å². The van der Waals surface area contributed by atoms with Crippen LogP contribution in [-0.2, 0) is 9.59 Å². The summed E-state index contributed by atoms with van der Waals surface area (Å²) in [6, 6.07) is 8.25. The highest BCUT2D eigenvalue weighted by Gasteiger charge is 2.36. The van der Waals surface area contributed by atoms with Crippen LogP contribution in [0.3, 0.4) is 0 Å². The highest BCUT2D eigenvalue weighted by molar-refractivity contribution is 5.92. The second kappa shape index (κ2) is 9.10. The fraction of sp³-hybridized carbons (Fsp3) is 0.464. The summed E-state index contributed by atoms with van der Waals surface area (Å²) in [4.78, 5) is 35.9. The second-order valence-corrected chi connectivity index (χ2v) is 10.4. The lowest BCUT2D eigenvalue weighted by Crippen LogP contribution is -2.42. The van der Waals surface area contributed by atoms with Crippen molar-refractivity contribution in [2.24, 2.45) is 5.92 Å². The first-order valence-electron chi connectivity index (χ1n) is 12.5. The quantitative estimate of drug-likeness (QED) is 0.577. The minimum Gasteiger partial charge on any atom is -0.354 e. The van der Waals surface area contributed by atoms with Crippen LogP contribution in [0.1, 0.15) is 61.8 Å². The molecule has 0 aliphatic carbocycles. The Balaban J connectivity index is 1.38. The zero-order valence-corrected chi connectivity index (χ0v) is 20.9. The summed E-state index contributed by atoms with van der Waals surface area (Å²) in [5.41, 5.74) is 5.16. The standard InChI is InChI=1S/C28H33FN4O2/c1-16(2)25-22-13-19(5-6-23(22)31-27(25)21-7-10-30-17(3)26(21)29)18-8-11-33(12-9-18)28(35)20-14-24(34)32(4)15-20/h5-7,10,13,16,18,20,31H,8-9,11-12,14-15H2,1-4H3. The SMILES string of the molecule is Cc1nccc(-c2[nH]c3ccc(C4CCN(C(=O)C5CC(=O)N(C)C5)CC4)cc3c2C(C)C)c1F. The molecule has 0 spiro atoms. The van der Waals surface area contributed by atoms with Crippen molar-refractivity contribution >= 4 is 22.7 Å². The molecular weight excluding hydrogens is 443 g/mol. The zero-order chi connectivity index (χ0) is 24.9. The van der Waals surface area contributed by atoms with Gasteiger partial charge in [-0.15, -0.1) is 0 Å². The van der Waals surface area contributed by atoms with E-state index in [2.05, 4.69) is 42.0 Å². The number of fused-ring (bicyclic) bond motifs is 1. The van der Waals surface area contributed by atoms with E-state index in [1.54, 1.807) is 31.1 Å². The number of benzene rings is 1. The van der Waals surface area contributed by atoms with Crippen LogP contribution < -0.4 is 0 Å². The maximum absolute atomic E-state index is 15.0. The van der Waals surface area contributed by atoms with E-state index in [4.69, 9.17) is 0 Å². The molecule has 2 aliphatic heterocycles. The molecule has 4 heterocycles. The first-order valence-corrected chi connectivity index (χ1v) is 12.5. The number of hydrogen-bond acceptors (Lipinski definition) is 3. The maximum atomic E-state index is 15.0. The van der Waals surface area contributed by atoms with Gasteiger partial charge in [-0.1, -0.05) is 19.9 Å². The monoisotopic (exact) mass is 476 g/mol. The van der Waals surface area contributed by atoms with Crippen molar-refractivity contribution in [1.82, 2.24) is 19.8 Å². The molecular formula is C28H33FN4O2. The number of halogens is 1. The lowest BCUT2D eigenvalue weighted by atomic mass is 9.87. The second-order valence-electron chi connectivity index (χ2n) is 10.4. The fourth-order valence-corrected chi connectivity index (χ4v) is 5.76. The van der Waals surface area contributed by atoms with Gasteiger partial charge < -0.3 is 14.8 Å². The molecule has 1 N–H and O–H groups in total. The van der Waals surface area contributed by atoms with Gasteiger partial charge in [-0.3, -0.25) is 14.6 Å². The Morgan fingerprint density at radius 3 is 2.60 bits per heavy atom. The summed E-state index contributed by atoms with van der Waals surface area (Å²) in [5, 5.41) is 1.13. The molecule has 0 bridgehead atoms. The van der Waals surface area contributed by atoms with Gasteiger partial charge in [0.15, 0.2) is 5.82 Å². The minimum atomic E-state index is -0.284. The number of carbonyl (C=O) groups excluding carboxylic acids is 2. The van der Waals surface area contributed by atoms with Crippen LogP contribution in [0.4, 0.5) is 4.39 Å². The van der Waals surface area contributed by atoms with Gasteiger partial charge in [0.2, 0.25) is 11.8 Å². The van der Waals surface area contributed by atoms with E-state index >= 15 is 0 Å². The Labute approximate surface area is 205 Å². The smallest absolute Gasteiger partial charge is 0.227 e. The number of aromatic nitrogens is 2. The molecule has 0 radical (unpaired) electrons. The van der Waals surface area contributed by atoms with Crippen molar-refractivity contribution < 1.29 is 14.0 Å². The number of pyridine rings is 1. The van der Waals surface area contributed by atoms with E-state index in [0.717, 1.165) is 35.0 Å². The predicted molar refractivity (Wildman–Crippen MR) is 135 cm³/mol. The molecule has 6 nitrogen and oxygen atoms in total. The van der Waals surface area contributed by atoms with Gasteiger partial charge in [-0.05, 0) is 60.9 Å². The van der Waals surface area contributed by atoms with E-state index in [0.29, 0.717) is 43.2 Å². The lowest BCUT2D eigenvalue weighted by Gasteiger charge is -2.33. The molecule has 1 unspecified atom stereocenters. The number of aryl methyl sites for hydroxylation is 1. The normalized spacial score (nSPS) is 19.4. The van der Waals surface area contributed by atoms with Crippen LogP contribution in [0.25, 0.3) is 22.2 Å². The number of nitrogens with one attached hydrogen (secondary N) is 1. The third kappa shape index (κ3) is 4.21. The number of carbonyl (C=O) groups is 2. The molecule has 7 heteroatoms.